The van der Waals surface area contributed by atoms with Gasteiger partial charge in [0.2, 0.25) is 10.0 Å². The molecule has 1 saturated carbocycles. The Kier molecular flexibility index (Phi) is 5.14. The van der Waals surface area contributed by atoms with E-state index >= 15 is 0 Å². The minimum Gasteiger partial charge on any atom is -0.396 e. The van der Waals surface area contributed by atoms with Gasteiger partial charge in [-0.3, -0.25) is 9.52 Å². The maximum Gasteiger partial charge on any atom is 0.250 e. The van der Waals surface area contributed by atoms with Crippen LogP contribution in [0.1, 0.15) is 36.1 Å². The molecule has 2 aromatic rings. The Bertz CT molecular complexity index is 1030. The summed E-state index contributed by atoms with van der Waals surface area (Å²) in [5, 5.41) is 9.17. The Morgan fingerprint density at radius 3 is 2.56 bits per heavy atom. The van der Waals surface area contributed by atoms with Crippen molar-refractivity contribution in [2.75, 3.05) is 11.3 Å². The van der Waals surface area contributed by atoms with Crippen LogP contribution in [0.4, 0.5) is 10.1 Å². The standard InChI is InChI=1S/C19H23FN2O4S/c1-13-3-4-14(15(20)11-13)12-17-16(5-6-18(24)22(17)2)21-27(25,26)19(7-8-19)9-10-23/h3-6,11,21,23H,7-10,12H2,1-2H3. The Morgan fingerprint density at radius 2 is 1.96 bits per heavy atom. The molecule has 1 aliphatic carbocycles. The van der Waals surface area contributed by atoms with Crippen LogP contribution in [0.5, 0.6) is 0 Å². The second-order valence-electron chi connectivity index (χ2n) is 7.12. The molecule has 1 heterocycles. The first-order valence-electron chi connectivity index (χ1n) is 8.76. The summed E-state index contributed by atoms with van der Waals surface area (Å²) in [7, 11) is -2.21. The van der Waals surface area contributed by atoms with E-state index in [-0.39, 0.29) is 30.7 Å². The molecule has 0 aliphatic heterocycles. The second kappa shape index (κ2) is 7.09. The van der Waals surface area contributed by atoms with Crippen molar-refractivity contribution >= 4 is 15.7 Å². The van der Waals surface area contributed by atoms with Crippen LogP contribution in [0.3, 0.4) is 0 Å². The molecule has 1 aromatic heterocycles. The zero-order valence-corrected chi connectivity index (χ0v) is 16.1. The molecule has 8 heteroatoms. The average molecular weight is 394 g/mol. The van der Waals surface area contributed by atoms with Crippen LogP contribution in [0.2, 0.25) is 0 Å². The molecule has 0 amide bonds. The second-order valence-corrected chi connectivity index (χ2v) is 9.20. The molecule has 1 aromatic carbocycles. The Balaban J connectivity index is 2.00. The van der Waals surface area contributed by atoms with Gasteiger partial charge in [-0.25, -0.2) is 12.8 Å². The number of sulfonamides is 1. The van der Waals surface area contributed by atoms with Crippen molar-refractivity contribution in [3.8, 4) is 0 Å². The molecule has 0 atom stereocenters. The number of halogens is 1. The molecule has 0 radical (unpaired) electrons. The zero-order chi connectivity index (χ0) is 19.8. The number of hydrogen-bond donors (Lipinski definition) is 2. The van der Waals surface area contributed by atoms with Crippen molar-refractivity contribution in [3.63, 3.8) is 0 Å². The smallest absolute Gasteiger partial charge is 0.250 e. The van der Waals surface area contributed by atoms with E-state index in [0.29, 0.717) is 24.1 Å². The first-order valence-corrected chi connectivity index (χ1v) is 10.2. The predicted octanol–water partition coefficient (Wildman–Crippen LogP) is 2.08. The summed E-state index contributed by atoms with van der Waals surface area (Å²) in [6.45, 7) is 1.57. The maximum absolute atomic E-state index is 14.3. The number of anilines is 1. The van der Waals surface area contributed by atoms with E-state index in [0.717, 1.165) is 5.56 Å². The summed E-state index contributed by atoms with van der Waals surface area (Å²) in [6, 6.07) is 7.49. The van der Waals surface area contributed by atoms with Crippen LogP contribution in [0.15, 0.2) is 35.1 Å². The number of nitrogens with zero attached hydrogens (tertiary/aromatic N) is 1. The molecule has 6 nitrogen and oxygen atoms in total. The fourth-order valence-corrected chi connectivity index (χ4v) is 4.90. The van der Waals surface area contributed by atoms with Crippen molar-refractivity contribution in [1.82, 2.24) is 4.57 Å². The highest BCUT2D eigenvalue weighted by Gasteiger charge is 2.54. The largest absolute Gasteiger partial charge is 0.396 e. The van der Waals surface area contributed by atoms with E-state index in [1.807, 2.05) is 0 Å². The van der Waals surface area contributed by atoms with Gasteiger partial charge in [-0.05, 0) is 49.4 Å². The zero-order valence-electron chi connectivity index (χ0n) is 15.3. The van der Waals surface area contributed by atoms with Crippen LogP contribution < -0.4 is 10.3 Å². The molecule has 0 spiro atoms. The number of aliphatic hydroxyl groups excluding tert-OH is 1. The number of aromatic nitrogens is 1. The third-order valence-electron chi connectivity index (χ3n) is 5.19. The van der Waals surface area contributed by atoms with E-state index < -0.39 is 20.6 Å². The van der Waals surface area contributed by atoms with Crippen molar-refractivity contribution in [2.45, 2.75) is 37.4 Å². The van der Waals surface area contributed by atoms with E-state index in [9.17, 15) is 22.7 Å². The molecule has 2 N–H and O–H groups in total. The number of rotatable bonds is 7. The number of aryl methyl sites for hydroxylation is 1. The lowest BCUT2D eigenvalue weighted by Gasteiger charge is -2.20. The molecule has 1 aliphatic rings. The van der Waals surface area contributed by atoms with Crippen LogP contribution in [-0.4, -0.2) is 29.4 Å². The Labute approximate surface area is 157 Å². The van der Waals surface area contributed by atoms with Gasteiger partial charge in [-0.1, -0.05) is 12.1 Å². The van der Waals surface area contributed by atoms with Crippen molar-refractivity contribution < 1.29 is 17.9 Å². The van der Waals surface area contributed by atoms with Gasteiger partial charge in [0.25, 0.3) is 5.56 Å². The summed E-state index contributed by atoms with van der Waals surface area (Å²) in [5.74, 6) is -0.404. The maximum atomic E-state index is 14.3. The summed E-state index contributed by atoms with van der Waals surface area (Å²) in [6.07, 6.45) is 1.20. The number of aliphatic hydroxyl groups is 1. The summed E-state index contributed by atoms with van der Waals surface area (Å²) in [4.78, 5) is 12.1. The fraction of sp³-hybridized carbons (Fsp3) is 0.421. The highest BCUT2D eigenvalue weighted by Crippen LogP contribution is 2.47. The minimum absolute atomic E-state index is 0.0730. The third kappa shape index (κ3) is 3.77. The first-order chi connectivity index (χ1) is 12.7. The molecule has 3 rings (SSSR count). The monoisotopic (exact) mass is 394 g/mol. The Hall–Kier alpha value is -2.19. The summed E-state index contributed by atoms with van der Waals surface area (Å²) < 4.78 is 42.8. The quantitative estimate of drug-likeness (QED) is 0.753. The highest BCUT2D eigenvalue weighted by molar-refractivity contribution is 7.94. The highest BCUT2D eigenvalue weighted by atomic mass is 32.2. The van der Waals surface area contributed by atoms with Gasteiger partial charge in [0.1, 0.15) is 5.82 Å². The molecule has 0 saturated heterocycles. The Morgan fingerprint density at radius 1 is 1.26 bits per heavy atom. The van der Waals surface area contributed by atoms with E-state index in [4.69, 9.17) is 0 Å². The van der Waals surface area contributed by atoms with Gasteiger partial charge in [0, 0.05) is 31.8 Å². The fourth-order valence-electron chi connectivity index (χ4n) is 3.21. The third-order valence-corrected chi connectivity index (χ3v) is 7.44. The van der Waals surface area contributed by atoms with Gasteiger partial charge < -0.3 is 9.67 Å². The summed E-state index contributed by atoms with van der Waals surface area (Å²) >= 11 is 0. The lowest BCUT2D eigenvalue weighted by atomic mass is 10.1. The van der Waals surface area contributed by atoms with Crippen LogP contribution in [0, 0.1) is 12.7 Å². The van der Waals surface area contributed by atoms with Gasteiger partial charge >= 0.3 is 0 Å². The average Bonchev–Trinajstić information content (AvgIpc) is 3.38. The molecule has 0 unspecified atom stereocenters. The van der Waals surface area contributed by atoms with Crippen LogP contribution in [0.25, 0.3) is 0 Å². The molecule has 0 bridgehead atoms. The number of benzene rings is 1. The van der Waals surface area contributed by atoms with E-state index in [1.54, 1.807) is 19.1 Å². The van der Waals surface area contributed by atoms with Gasteiger partial charge in [0.05, 0.1) is 10.4 Å². The van der Waals surface area contributed by atoms with Crippen molar-refractivity contribution in [3.05, 3.63) is 63.3 Å². The van der Waals surface area contributed by atoms with Crippen molar-refractivity contribution in [2.24, 2.45) is 7.05 Å². The number of hydrogen-bond acceptors (Lipinski definition) is 4. The van der Waals surface area contributed by atoms with E-state index in [1.165, 1.54) is 29.8 Å². The van der Waals surface area contributed by atoms with Gasteiger partial charge in [0.15, 0.2) is 0 Å². The molecule has 27 heavy (non-hydrogen) atoms. The SMILES string of the molecule is Cc1ccc(Cc2c(NS(=O)(=O)C3(CCO)CC3)ccc(=O)n2C)c(F)c1. The number of nitrogens with one attached hydrogen (secondary N) is 1. The molecule has 146 valence electrons. The lowest BCUT2D eigenvalue weighted by molar-refractivity contribution is 0.283. The van der Waals surface area contributed by atoms with Crippen molar-refractivity contribution in [1.29, 1.82) is 0 Å². The topological polar surface area (TPSA) is 88.4 Å². The summed E-state index contributed by atoms with van der Waals surface area (Å²) in [5.41, 5.74) is 1.48. The van der Waals surface area contributed by atoms with Gasteiger partial charge in [-0.2, -0.15) is 0 Å². The predicted molar refractivity (Wildman–Crippen MR) is 102 cm³/mol. The minimum atomic E-state index is -3.74. The molecular formula is C19H23FN2O4S. The molecule has 1 fully saturated rings. The normalized spacial score (nSPS) is 15.6. The van der Waals surface area contributed by atoms with Crippen LogP contribution >= 0.6 is 0 Å². The number of pyridine rings is 1. The molecular weight excluding hydrogens is 371 g/mol. The van der Waals surface area contributed by atoms with E-state index in [2.05, 4.69) is 4.72 Å². The van der Waals surface area contributed by atoms with Crippen LogP contribution in [-0.2, 0) is 23.5 Å². The lowest BCUT2D eigenvalue weighted by Crippen LogP contribution is -2.32. The van der Waals surface area contributed by atoms with Gasteiger partial charge in [-0.15, -0.1) is 0 Å². The first kappa shape index (κ1) is 19.6.